The first kappa shape index (κ1) is 22.3. The highest BCUT2D eigenvalue weighted by atomic mass is 16.6. The molecule has 5 heterocycles. The number of anilines is 2. The van der Waals surface area contributed by atoms with Crippen LogP contribution in [-0.4, -0.2) is 61.6 Å². The largest absolute Gasteiger partial charge is 0.354 e. The molecule has 13 nitrogen and oxygen atoms in total. The van der Waals surface area contributed by atoms with Crippen molar-refractivity contribution < 1.29 is 14.5 Å². The van der Waals surface area contributed by atoms with Crippen LogP contribution in [-0.2, 0) is 9.59 Å². The van der Waals surface area contributed by atoms with Crippen molar-refractivity contribution in [1.82, 2.24) is 30.0 Å². The summed E-state index contributed by atoms with van der Waals surface area (Å²) in [6, 6.07) is 4.90. The SMILES string of the molecule is CNC(=O)C(=O)Nc1[nH]n([C@H]2CN(c3ccc([N+](=O)[O-])cn3)CC[C@H]2C)c2c1cnc1nccc12. The number of hydrogen-bond donors (Lipinski definition) is 3. The monoisotopic (exact) mass is 477 g/mol. The third kappa shape index (κ3) is 3.90. The average molecular weight is 477 g/mol. The highest BCUT2D eigenvalue weighted by Gasteiger charge is 2.31. The molecule has 0 aliphatic carbocycles. The predicted molar refractivity (Wildman–Crippen MR) is 128 cm³/mol. The van der Waals surface area contributed by atoms with Crippen LogP contribution in [0.2, 0.25) is 0 Å². The molecule has 0 spiro atoms. The van der Waals surface area contributed by atoms with Crippen molar-refractivity contribution in [1.29, 1.82) is 0 Å². The van der Waals surface area contributed by atoms with Gasteiger partial charge in [0.2, 0.25) is 0 Å². The molecule has 0 bridgehead atoms. The maximum Gasteiger partial charge on any atom is 0.314 e. The van der Waals surface area contributed by atoms with E-state index >= 15 is 0 Å². The Labute approximate surface area is 198 Å². The minimum atomic E-state index is -0.795. The van der Waals surface area contributed by atoms with E-state index in [1.54, 1.807) is 18.5 Å². The van der Waals surface area contributed by atoms with Crippen LogP contribution in [0.5, 0.6) is 0 Å². The summed E-state index contributed by atoms with van der Waals surface area (Å²) in [5.74, 6) is -0.285. The third-order valence-corrected chi connectivity index (χ3v) is 6.44. The van der Waals surface area contributed by atoms with Gasteiger partial charge in [-0.3, -0.25) is 29.5 Å². The van der Waals surface area contributed by atoms with Crippen LogP contribution in [0.3, 0.4) is 0 Å². The molecule has 180 valence electrons. The number of fused-ring (bicyclic) bond motifs is 3. The zero-order valence-electron chi connectivity index (χ0n) is 19.1. The van der Waals surface area contributed by atoms with Crippen LogP contribution in [0.15, 0.2) is 36.8 Å². The summed E-state index contributed by atoms with van der Waals surface area (Å²) < 4.78 is 1.99. The number of piperidine rings is 1. The Kier molecular flexibility index (Phi) is 5.51. The van der Waals surface area contributed by atoms with Gasteiger partial charge in [0.1, 0.15) is 17.8 Å². The lowest BCUT2D eigenvalue weighted by Gasteiger charge is -2.38. The number of carbonyl (C=O) groups is 2. The van der Waals surface area contributed by atoms with Gasteiger partial charge in [0.05, 0.1) is 21.9 Å². The first-order valence-electron chi connectivity index (χ1n) is 11.1. The fourth-order valence-corrected chi connectivity index (χ4v) is 4.52. The number of carbonyl (C=O) groups excluding carboxylic acids is 2. The van der Waals surface area contributed by atoms with E-state index in [-0.39, 0.29) is 17.6 Å². The zero-order valence-corrected chi connectivity index (χ0v) is 19.1. The van der Waals surface area contributed by atoms with Crippen molar-refractivity contribution >= 4 is 51.1 Å². The lowest BCUT2D eigenvalue weighted by Crippen LogP contribution is -2.41. The minimum absolute atomic E-state index is 0.0597. The molecule has 1 fully saturated rings. The lowest BCUT2D eigenvalue weighted by atomic mass is 9.93. The van der Waals surface area contributed by atoms with Gasteiger partial charge in [0.25, 0.3) is 5.69 Å². The minimum Gasteiger partial charge on any atom is -0.354 e. The Bertz CT molecular complexity index is 1440. The van der Waals surface area contributed by atoms with E-state index in [0.29, 0.717) is 29.2 Å². The number of nitrogens with one attached hydrogen (secondary N) is 3. The Hall–Kier alpha value is -4.55. The molecule has 2 atom stereocenters. The topological polar surface area (TPSA) is 164 Å². The van der Waals surface area contributed by atoms with Crippen LogP contribution < -0.4 is 15.5 Å². The van der Waals surface area contributed by atoms with Gasteiger partial charge in [0, 0.05) is 44.0 Å². The summed E-state index contributed by atoms with van der Waals surface area (Å²) in [6.45, 7) is 3.47. The summed E-state index contributed by atoms with van der Waals surface area (Å²) >= 11 is 0. The van der Waals surface area contributed by atoms with Gasteiger partial charge in [-0.2, -0.15) is 0 Å². The zero-order chi connectivity index (χ0) is 24.7. The summed E-state index contributed by atoms with van der Waals surface area (Å²) in [5, 5.41) is 20.7. The molecule has 2 amide bonds. The molecule has 3 N–H and O–H groups in total. The summed E-state index contributed by atoms with van der Waals surface area (Å²) in [5.41, 5.74) is 1.33. The van der Waals surface area contributed by atoms with E-state index < -0.39 is 16.7 Å². The van der Waals surface area contributed by atoms with Crippen molar-refractivity contribution in [3.05, 3.63) is 46.9 Å². The Morgan fingerprint density at radius 3 is 2.69 bits per heavy atom. The standard InChI is InChI=1S/C22H23N9O4/c1-12-6-8-29(17-4-3-13(9-25-17)31(34)35)11-16(12)30-18-14-5-7-24-19(14)26-10-15(18)20(28-30)27-22(33)21(32)23-2/h3-5,7,9-10,12,16,28H,6,8,11H2,1-2H3,(H,23,32)(H,27,33)/t12-,16+/m1/s1. The Balaban J connectivity index is 1.56. The first-order valence-corrected chi connectivity index (χ1v) is 11.1. The number of aromatic amines is 1. The molecular weight excluding hydrogens is 454 g/mol. The second kappa shape index (κ2) is 8.66. The summed E-state index contributed by atoms with van der Waals surface area (Å²) in [4.78, 5) is 49.7. The molecular formula is C22H23N9O4. The van der Waals surface area contributed by atoms with Crippen LogP contribution in [0.4, 0.5) is 17.3 Å². The van der Waals surface area contributed by atoms with Crippen molar-refractivity contribution in [2.75, 3.05) is 30.4 Å². The highest BCUT2D eigenvalue weighted by Crippen LogP contribution is 2.36. The van der Waals surface area contributed by atoms with E-state index in [2.05, 4.69) is 42.5 Å². The van der Waals surface area contributed by atoms with E-state index in [1.165, 1.54) is 19.3 Å². The van der Waals surface area contributed by atoms with Crippen molar-refractivity contribution in [3.63, 3.8) is 0 Å². The number of nitro groups is 1. The molecule has 1 aliphatic rings. The molecule has 1 saturated heterocycles. The smallest absolute Gasteiger partial charge is 0.314 e. The average Bonchev–Trinajstić information content (AvgIpc) is 3.48. The Morgan fingerprint density at radius 1 is 1.14 bits per heavy atom. The maximum absolute atomic E-state index is 12.3. The maximum atomic E-state index is 12.3. The van der Waals surface area contributed by atoms with Crippen LogP contribution in [0.25, 0.3) is 21.9 Å². The third-order valence-electron chi connectivity index (χ3n) is 6.44. The highest BCUT2D eigenvalue weighted by molar-refractivity contribution is 6.40. The number of rotatable bonds is 4. The molecule has 0 unspecified atom stereocenters. The van der Waals surface area contributed by atoms with E-state index in [1.807, 2.05) is 10.7 Å². The molecule has 0 aromatic carbocycles. The van der Waals surface area contributed by atoms with Gasteiger partial charge < -0.3 is 15.5 Å². The fraction of sp³-hybridized carbons (Fsp3) is 0.318. The van der Waals surface area contributed by atoms with Gasteiger partial charge in [0.15, 0.2) is 5.65 Å². The molecule has 4 aromatic rings. The number of hydrogen-bond acceptors (Lipinski definition) is 8. The quantitative estimate of drug-likeness (QED) is 0.228. The van der Waals surface area contributed by atoms with Crippen molar-refractivity contribution in [2.45, 2.75) is 19.4 Å². The fourth-order valence-electron chi connectivity index (χ4n) is 4.52. The number of nitrogens with zero attached hydrogens (tertiary/aromatic N) is 6. The number of aromatic nitrogens is 5. The number of likely N-dealkylation sites (N-methyl/N-ethyl adjacent to an activating group) is 1. The Morgan fingerprint density at radius 2 is 1.97 bits per heavy atom. The molecule has 1 aliphatic heterocycles. The van der Waals surface area contributed by atoms with E-state index in [9.17, 15) is 19.7 Å². The van der Waals surface area contributed by atoms with Crippen LogP contribution in [0.1, 0.15) is 19.4 Å². The van der Waals surface area contributed by atoms with E-state index in [0.717, 1.165) is 23.9 Å². The second-order valence-electron chi connectivity index (χ2n) is 8.50. The number of H-pyrrole nitrogens is 1. The molecule has 5 rings (SSSR count). The lowest BCUT2D eigenvalue weighted by molar-refractivity contribution is -0.385. The summed E-state index contributed by atoms with van der Waals surface area (Å²) in [7, 11) is 1.39. The molecule has 35 heavy (non-hydrogen) atoms. The van der Waals surface area contributed by atoms with Gasteiger partial charge in [-0.25, -0.2) is 15.0 Å². The van der Waals surface area contributed by atoms with Crippen LogP contribution in [0, 0.1) is 16.0 Å². The second-order valence-corrected chi connectivity index (χ2v) is 8.50. The van der Waals surface area contributed by atoms with Crippen molar-refractivity contribution in [2.24, 2.45) is 5.92 Å². The molecule has 0 radical (unpaired) electrons. The molecule has 4 aromatic heterocycles. The predicted octanol–water partition coefficient (Wildman–Crippen LogP) is 1.99. The van der Waals surface area contributed by atoms with E-state index in [4.69, 9.17) is 0 Å². The van der Waals surface area contributed by atoms with Crippen LogP contribution >= 0.6 is 0 Å². The van der Waals surface area contributed by atoms with Gasteiger partial charge >= 0.3 is 11.8 Å². The molecule has 0 saturated carbocycles. The van der Waals surface area contributed by atoms with Gasteiger partial charge in [-0.05, 0) is 24.5 Å². The molecule has 13 heteroatoms. The van der Waals surface area contributed by atoms with Gasteiger partial charge in [-0.15, -0.1) is 0 Å². The van der Waals surface area contributed by atoms with Gasteiger partial charge in [-0.1, -0.05) is 6.92 Å². The van der Waals surface area contributed by atoms with Crippen molar-refractivity contribution in [3.8, 4) is 0 Å². The first-order chi connectivity index (χ1) is 16.9. The summed E-state index contributed by atoms with van der Waals surface area (Å²) in [6.07, 6.45) is 5.41. The number of amides is 2. The number of pyridine rings is 2. The normalized spacial score (nSPS) is 18.1.